The van der Waals surface area contributed by atoms with Crippen LogP contribution < -0.4 is 15.4 Å². The molecule has 0 spiro atoms. The fraction of sp³-hybridized carbons (Fsp3) is 0.185. The average molecular weight is 521 g/mol. The van der Waals surface area contributed by atoms with E-state index in [1.807, 2.05) is 61.5 Å². The minimum Gasteiger partial charge on any atom is -0.465 e. The second kappa shape index (κ2) is 10.5. The van der Waals surface area contributed by atoms with Crippen molar-refractivity contribution in [3.05, 3.63) is 89.0 Å². The molecule has 37 heavy (non-hydrogen) atoms. The predicted octanol–water partition coefficient (Wildman–Crippen LogP) is 3.84. The number of ether oxygens (including phenoxy) is 1. The van der Waals surface area contributed by atoms with E-state index in [0.29, 0.717) is 46.0 Å². The van der Waals surface area contributed by atoms with Gasteiger partial charge < -0.3 is 20.3 Å². The van der Waals surface area contributed by atoms with E-state index < -0.39 is 16.0 Å². The van der Waals surface area contributed by atoms with Gasteiger partial charge in [-0.25, -0.2) is 13.2 Å². The van der Waals surface area contributed by atoms with E-state index in [0.717, 1.165) is 17.4 Å². The lowest BCUT2D eigenvalue weighted by atomic mass is 9.99. The summed E-state index contributed by atoms with van der Waals surface area (Å²) in [7, 11) is 1.58. The molecule has 1 aliphatic rings. The topological polar surface area (TPSA) is 117 Å². The Morgan fingerprint density at radius 2 is 1.73 bits per heavy atom. The molecule has 1 heterocycles. The monoisotopic (exact) mass is 520 g/mol. The normalized spacial score (nSPS) is 14.1. The van der Waals surface area contributed by atoms with Crippen LogP contribution in [0.2, 0.25) is 0 Å². The summed E-state index contributed by atoms with van der Waals surface area (Å²) in [6.07, 6.45) is 1.10. The first kappa shape index (κ1) is 25.9. The number of hydrogen-bond acceptors (Lipinski definition) is 7. The van der Waals surface area contributed by atoms with Crippen molar-refractivity contribution >= 4 is 50.2 Å². The lowest BCUT2D eigenvalue weighted by Gasteiger charge is -2.19. The highest BCUT2D eigenvalue weighted by Gasteiger charge is 2.29. The van der Waals surface area contributed by atoms with Gasteiger partial charge in [0.2, 0.25) is 10.0 Å². The van der Waals surface area contributed by atoms with E-state index in [9.17, 15) is 18.0 Å². The van der Waals surface area contributed by atoms with Gasteiger partial charge in [-0.3, -0.25) is 9.52 Å². The molecule has 192 valence electrons. The molecule has 9 nitrogen and oxygen atoms in total. The van der Waals surface area contributed by atoms with Crippen LogP contribution in [0, 0.1) is 0 Å². The molecule has 3 aromatic rings. The Bertz CT molecular complexity index is 1500. The minimum atomic E-state index is -3.52. The van der Waals surface area contributed by atoms with Crippen molar-refractivity contribution in [1.82, 2.24) is 4.90 Å². The van der Waals surface area contributed by atoms with E-state index in [1.165, 1.54) is 7.11 Å². The molecule has 0 bridgehead atoms. The van der Waals surface area contributed by atoms with Gasteiger partial charge in [-0.2, -0.15) is 0 Å². The number of methoxy groups -OCH3 is 1. The van der Waals surface area contributed by atoms with Gasteiger partial charge in [0.05, 0.1) is 41.6 Å². The average Bonchev–Trinajstić information content (AvgIpc) is 3.17. The van der Waals surface area contributed by atoms with Crippen LogP contribution >= 0.6 is 0 Å². The summed E-state index contributed by atoms with van der Waals surface area (Å²) in [5, 5.41) is 6.18. The highest BCUT2D eigenvalue weighted by Crippen LogP contribution is 2.38. The summed E-state index contributed by atoms with van der Waals surface area (Å²) in [5.74, 6) is -0.832. The van der Waals surface area contributed by atoms with Crippen LogP contribution in [-0.4, -0.2) is 52.7 Å². The summed E-state index contributed by atoms with van der Waals surface area (Å²) in [6.45, 7) is 0.531. The number of nitrogens with zero attached hydrogens (tertiary/aromatic N) is 1. The Hall–Kier alpha value is -4.15. The molecule has 0 unspecified atom stereocenters. The zero-order valence-corrected chi connectivity index (χ0v) is 21.8. The van der Waals surface area contributed by atoms with Gasteiger partial charge >= 0.3 is 5.97 Å². The van der Waals surface area contributed by atoms with Crippen molar-refractivity contribution in [2.24, 2.45) is 0 Å². The van der Waals surface area contributed by atoms with E-state index in [1.54, 1.807) is 24.3 Å². The van der Waals surface area contributed by atoms with Gasteiger partial charge in [0.15, 0.2) is 0 Å². The number of sulfonamides is 1. The maximum atomic E-state index is 13.2. The number of rotatable bonds is 8. The quantitative estimate of drug-likeness (QED) is 0.305. The Balaban J connectivity index is 1.84. The van der Waals surface area contributed by atoms with Crippen LogP contribution in [0.4, 0.5) is 17.1 Å². The van der Waals surface area contributed by atoms with Crippen molar-refractivity contribution in [1.29, 1.82) is 0 Å². The smallest absolute Gasteiger partial charge is 0.337 e. The van der Waals surface area contributed by atoms with Gasteiger partial charge in [-0.15, -0.1) is 0 Å². The van der Waals surface area contributed by atoms with Gasteiger partial charge in [0.1, 0.15) is 0 Å². The lowest BCUT2D eigenvalue weighted by molar-refractivity contribution is -0.110. The van der Waals surface area contributed by atoms with Crippen molar-refractivity contribution in [3.8, 4) is 0 Å². The molecule has 0 saturated heterocycles. The second-order valence-electron chi connectivity index (χ2n) is 8.93. The van der Waals surface area contributed by atoms with Crippen LogP contribution in [0.3, 0.4) is 0 Å². The van der Waals surface area contributed by atoms with Crippen molar-refractivity contribution in [2.45, 2.75) is 6.54 Å². The molecular formula is C27H28N4O5S. The maximum absolute atomic E-state index is 13.2. The third-order valence-corrected chi connectivity index (χ3v) is 6.25. The number of carbonyl (C=O) groups is 2. The fourth-order valence-corrected chi connectivity index (χ4v) is 4.71. The molecule has 4 rings (SSSR count). The molecule has 1 amide bonds. The number of benzene rings is 3. The van der Waals surface area contributed by atoms with E-state index in [-0.39, 0.29) is 5.91 Å². The molecule has 0 radical (unpaired) electrons. The van der Waals surface area contributed by atoms with Crippen LogP contribution in [0.5, 0.6) is 0 Å². The number of fused-ring (bicyclic) bond motifs is 1. The Kier molecular flexibility index (Phi) is 7.33. The summed E-state index contributed by atoms with van der Waals surface area (Å²) >= 11 is 0. The lowest BCUT2D eigenvalue weighted by Crippen LogP contribution is -2.16. The molecule has 0 saturated carbocycles. The molecule has 3 aromatic carbocycles. The number of nitrogens with one attached hydrogen (secondary N) is 3. The van der Waals surface area contributed by atoms with Crippen LogP contribution in [-0.2, 0) is 26.1 Å². The first-order valence-corrected chi connectivity index (χ1v) is 13.3. The number of esters is 1. The van der Waals surface area contributed by atoms with Crippen molar-refractivity contribution in [3.63, 3.8) is 0 Å². The maximum Gasteiger partial charge on any atom is 0.337 e. The Morgan fingerprint density at radius 3 is 2.38 bits per heavy atom. The molecule has 3 N–H and O–H groups in total. The third-order valence-electron chi connectivity index (χ3n) is 5.66. The number of amides is 1. The van der Waals surface area contributed by atoms with E-state index in [4.69, 9.17) is 4.74 Å². The van der Waals surface area contributed by atoms with Gasteiger partial charge in [0, 0.05) is 17.8 Å². The van der Waals surface area contributed by atoms with Crippen LogP contribution in [0.15, 0.2) is 66.7 Å². The number of hydrogen-bond donors (Lipinski definition) is 3. The minimum absolute atomic E-state index is 0.324. The van der Waals surface area contributed by atoms with Crippen molar-refractivity contribution in [2.75, 3.05) is 42.8 Å². The van der Waals surface area contributed by atoms with E-state index in [2.05, 4.69) is 15.4 Å². The molecule has 0 atom stereocenters. The highest BCUT2D eigenvalue weighted by atomic mass is 32.2. The zero-order chi connectivity index (χ0) is 26.7. The van der Waals surface area contributed by atoms with Gasteiger partial charge in [-0.1, -0.05) is 42.5 Å². The zero-order valence-electron chi connectivity index (χ0n) is 21.0. The largest absolute Gasteiger partial charge is 0.465 e. The Labute approximate surface area is 216 Å². The fourth-order valence-electron chi connectivity index (χ4n) is 4.12. The Morgan fingerprint density at radius 1 is 1.00 bits per heavy atom. The van der Waals surface area contributed by atoms with Gasteiger partial charge in [-0.05, 0) is 49.5 Å². The molecule has 0 aliphatic carbocycles. The summed E-state index contributed by atoms with van der Waals surface area (Å²) in [4.78, 5) is 27.1. The molecule has 0 aromatic heterocycles. The second-order valence-corrected chi connectivity index (χ2v) is 10.7. The third kappa shape index (κ3) is 5.99. The summed E-state index contributed by atoms with van der Waals surface area (Å²) in [5.41, 5.74) is 4.97. The van der Waals surface area contributed by atoms with Gasteiger partial charge in [0.25, 0.3) is 5.91 Å². The first-order valence-electron chi connectivity index (χ1n) is 11.4. The number of carbonyl (C=O) groups excluding carboxylic acids is 2. The highest BCUT2D eigenvalue weighted by molar-refractivity contribution is 7.92. The van der Waals surface area contributed by atoms with Crippen LogP contribution in [0.25, 0.3) is 11.3 Å². The molecule has 1 aliphatic heterocycles. The summed E-state index contributed by atoms with van der Waals surface area (Å²) < 4.78 is 31.5. The SMILES string of the molecule is COC(=O)c1ccc2c(c1)NC(=O)/C2=C(\Nc1ccc(CN(C)C)c(NS(C)(=O)=O)c1)c1ccccc1. The summed E-state index contributed by atoms with van der Waals surface area (Å²) in [6, 6.07) is 19.6. The number of anilines is 3. The van der Waals surface area contributed by atoms with E-state index >= 15 is 0 Å². The molecule has 10 heteroatoms. The van der Waals surface area contributed by atoms with Crippen LogP contribution in [0.1, 0.15) is 27.0 Å². The standard InChI is InChI=1S/C27H28N4O5S/c1-31(2)16-19-10-12-20(15-22(19)30-37(4,34)35)28-25(17-8-6-5-7-9-17)24-21-13-11-18(27(33)36-3)14-23(21)29-26(24)32/h5-15,28,30H,16H2,1-4H3,(H,29,32)/b25-24-. The predicted molar refractivity (Wildman–Crippen MR) is 146 cm³/mol. The van der Waals surface area contributed by atoms with Crippen molar-refractivity contribution < 1.29 is 22.7 Å². The molecule has 0 fully saturated rings. The molecular weight excluding hydrogens is 492 g/mol. The first-order chi connectivity index (χ1) is 17.6.